The molecule has 5 heteroatoms. The molecule has 108 valence electrons. The maximum absolute atomic E-state index is 6.03. The lowest BCUT2D eigenvalue weighted by atomic mass is 10.0. The summed E-state index contributed by atoms with van der Waals surface area (Å²) < 4.78 is 2.91. The number of para-hydroxylation sites is 1. The molecule has 0 fully saturated rings. The van der Waals surface area contributed by atoms with Crippen molar-refractivity contribution < 1.29 is 0 Å². The molecule has 0 aliphatic carbocycles. The molecule has 0 saturated heterocycles. The van der Waals surface area contributed by atoms with Crippen LogP contribution >= 0.6 is 15.9 Å². The van der Waals surface area contributed by atoms with Gasteiger partial charge in [-0.15, -0.1) is 5.10 Å². The Morgan fingerprint density at radius 3 is 2.81 bits per heavy atom. The Labute approximate surface area is 132 Å². The number of aromatic nitrogens is 3. The van der Waals surface area contributed by atoms with Crippen molar-refractivity contribution in [1.82, 2.24) is 15.0 Å². The molecule has 0 saturated carbocycles. The molecule has 2 N–H and O–H groups in total. The molecule has 1 atom stereocenters. The molecule has 0 aliphatic rings. The lowest BCUT2D eigenvalue weighted by molar-refractivity contribution is 0.645. The lowest BCUT2D eigenvalue weighted by Gasteiger charge is -2.12. The minimum absolute atomic E-state index is 0.194. The van der Waals surface area contributed by atoms with E-state index in [1.54, 1.807) is 0 Å². The van der Waals surface area contributed by atoms with Gasteiger partial charge in [0.15, 0.2) is 0 Å². The molecule has 0 radical (unpaired) electrons. The van der Waals surface area contributed by atoms with E-state index in [4.69, 9.17) is 5.73 Å². The largest absolute Gasteiger partial charge is 0.327 e. The molecule has 1 unspecified atom stereocenters. The molecule has 0 spiro atoms. The zero-order valence-electron chi connectivity index (χ0n) is 11.8. The van der Waals surface area contributed by atoms with Crippen molar-refractivity contribution in [3.8, 4) is 5.69 Å². The Kier molecular flexibility index (Phi) is 4.03. The standard InChI is InChI=1S/C16H17BrN4/c1-2-12(18)9-11-7-8-13(10-14(11)17)21-16-6-4-3-5-15(16)19-20-21/h3-8,10,12H,2,9,18H2,1H3. The summed E-state index contributed by atoms with van der Waals surface area (Å²) in [6.07, 6.45) is 1.84. The number of benzene rings is 2. The van der Waals surface area contributed by atoms with Gasteiger partial charge in [-0.2, -0.15) is 0 Å². The van der Waals surface area contributed by atoms with Gasteiger partial charge in [0, 0.05) is 10.5 Å². The highest BCUT2D eigenvalue weighted by Gasteiger charge is 2.09. The van der Waals surface area contributed by atoms with Crippen LogP contribution in [0.1, 0.15) is 18.9 Å². The first-order valence-corrected chi connectivity index (χ1v) is 7.83. The van der Waals surface area contributed by atoms with E-state index in [9.17, 15) is 0 Å². The summed E-state index contributed by atoms with van der Waals surface area (Å²) in [6.45, 7) is 2.11. The van der Waals surface area contributed by atoms with Gasteiger partial charge in [0.2, 0.25) is 0 Å². The number of halogens is 1. The second-order valence-electron chi connectivity index (χ2n) is 5.14. The Morgan fingerprint density at radius 2 is 2.05 bits per heavy atom. The van der Waals surface area contributed by atoms with Crippen LogP contribution in [0.2, 0.25) is 0 Å². The van der Waals surface area contributed by atoms with Crippen molar-refractivity contribution in [3.05, 3.63) is 52.5 Å². The molecule has 21 heavy (non-hydrogen) atoms. The van der Waals surface area contributed by atoms with Crippen molar-refractivity contribution in [2.75, 3.05) is 0 Å². The van der Waals surface area contributed by atoms with Gasteiger partial charge in [-0.25, -0.2) is 4.68 Å². The smallest absolute Gasteiger partial charge is 0.113 e. The third-order valence-corrected chi connectivity index (χ3v) is 4.38. The summed E-state index contributed by atoms with van der Waals surface area (Å²) in [5, 5.41) is 8.42. The minimum Gasteiger partial charge on any atom is -0.327 e. The summed E-state index contributed by atoms with van der Waals surface area (Å²) in [5.74, 6) is 0. The molecule has 0 amide bonds. The Balaban J connectivity index is 1.98. The van der Waals surface area contributed by atoms with Gasteiger partial charge in [0.05, 0.1) is 11.2 Å². The Hall–Kier alpha value is -1.72. The van der Waals surface area contributed by atoms with Crippen molar-refractivity contribution >= 4 is 27.0 Å². The average Bonchev–Trinajstić information content (AvgIpc) is 2.93. The van der Waals surface area contributed by atoms with Crippen LogP contribution in [0.3, 0.4) is 0 Å². The van der Waals surface area contributed by atoms with Crippen LogP contribution in [-0.2, 0) is 6.42 Å². The molecule has 1 heterocycles. The van der Waals surface area contributed by atoms with Gasteiger partial charge < -0.3 is 5.73 Å². The first-order valence-electron chi connectivity index (χ1n) is 7.04. The van der Waals surface area contributed by atoms with Crippen LogP contribution < -0.4 is 5.73 Å². The number of hydrogen-bond acceptors (Lipinski definition) is 3. The molecule has 0 aliphatic heterocycles. The topological polar surface area (TPSA) is 56.7 Å². The second-order valence-corrected chi connectivity index (χ2v) is 5.99. The predicted octanol–water partition coefficient (Wildman–Crippen LogP) is 3.46. The average molecular weight is 345 g/mol. The van der Waals surface area contributed by atoms with E-state index in [2.05, 4.69) is 51.4 Å². The first-order chi connectivity index (χ1) is 10.2. The van der Waals surface area contributed by atoms with E-state index in [0.29, 0.717) is 0 Å². The van der Waals surface area contributed by atoms with E-state index in [-0.39, 0.29) is 6.04 Å². The third-order valence-electron chi connectivity index (χ3n) is 3.64. The normalized spacial score (nSPS) is 12.7. The van der Waals surface area contributed by atoms with Crippen molar-refractivity contribution in [1.29, 1.82) is 0 Å². The van der Waals surface area contributed by atoms with Crippen LogP contribution in [-0.4, -0.2) is 21.0 Å². The molecule has 4 nitrogen and oxygen atoms in total. The molecule has 0 bridgehead atoms. The monoisotopic (exact) mass is 344 g/mol. The van der Waals surface area contributed by atoms with E-state index in [1.165, 1.54) is 5.56 Å². The SMILES string of the molecule is CCC(N)Cc1ccc(-n2nnc3ccccc32)cc1Br. The van der Waals surface area contributed by atoms with Crippen molar-refractivity contribution in [2.45, 2.75) is 25.8 Å². The highest BCUT2D eigenvalue weighted by atomic mass is 79.9. The quantitative estimate of drug-likeness (QED) is 0.788. The van der Waals surface area contributed by atoms with E-state index < -0.39 is 0 Å². The van der Waals surface area contributed by atoms with Crippen molar-refractivity contribution in [3.63, 3.8) is 0 Å². The molecule has 3 aromatic rings. The lowest BCUT2D eigenvalue weighted by Crippen LogP contribution is -2.21. The van der Waals surface area contributed by atoms with Crippen LogP contribution in [0.25, 0.3) is 16.7 Å². The summed E-state index contributed by atoms with van der Waals surface area (Å²) in [7, 11) is 0. The summed E-state index contributed by atoms with van der Waals surface area (Å²) in [4.78, 5) is 0. The number of nitrogens with two attached hydrogens (primary N) is 1. The van der Waals surface area contributed by atoms with Gasteiger partial charge in [0.25, 0.3) is 0 Å². The number of hydrogen-bond donors (Lipinski definition) is 1. The summed E-state index contributed by atoms with van der Waals surface area (Å²) in [6, 6.07) is 14.4. The van der Waals surface area contributed by atoms with Gasteiger partial charge in [0.1, 0.15) is 5.52 Å². The number of rotatable bonds is 4. The van der Waals surface area contributed by atoms with Crippen LogP contribution in [0.15, 0.2) is 46.9 Å². The summed E-state index contributed by atoms with van der Waals surface area (Å²) in [5.41, 5.74) is 10.1. The molecular weight excluding hydrogens is 328 g/mol. The third kappa shape index (κ3) is 2.84. The fourth-order valence-corrected chi connectivity index (χ4v) is 2.85. The Morgan fingerprint density at radius 1 is 1.24 bits per heavy atom. The zero-order valence-corrected chi connectivity index (χ0v) is 13.4. The second kappa shape index (κ2) is 5.95. The van der Waals surface area contributed by atoms with Gasteiger partial charge >= 0.3 is 0 Å². The molecule has 1 aromatic heterocycles. The zero-order chi connectivity index (χ0) is 14.8. The van der Waals surface area contributed by atoms with Crippen LogP contribution in [0.4, 0.5) is 0 Å². The van der Waals surface area contributed by atoms with E-state index in [0.717, 1.165) is 34.0 Å². The number of nitrogens with zero attached hydrogens (tertiary/aromatic N) is 3. The highest BCUT2D eigenvalue weighted by Crippen LogP contribution is 2.24. The predicted molar refractivity (Wildman–Crippen MR) is 88.5 cm³/mol. The van der Waals surface area contributed by atoms with Gasteiger partial charge in [-0.1, -0.05) is 46.3 Å². The molecule has 3 rings (SSSR count). The fraction of sp³-hybridized carbons (Fsp3) is 0.250. The van der Waals surface area contributed by atoms with Crippen LogP contribution in [0, 0.1) is 0 Å². The van der Waals surface area contributed by atoms with E-state index >= 15 is 0 Å². The first kappa shape index (κ1) is 14.2. The van der Waals surface area contributed by atoms with Gasteiger partial charge in [-0.05, 0) is 42.7 Å². The maximum Gasteiger partial charge on any atom is 0.113 e. The van der Waals surface area contributed by atoms with Crippen molar-refractivity contribution in [2.24, 2.45) is 5.73 Å². The minimum atomic E-state index is 0.194. The maximum atomic E-state index is 6.03. The molecular formula is C16H17BrN4. The summed E-state index contributed by atoms with van der Waals surface area (Å²) >= 11 is 3.64. The van der Waals surface area contributed by atoms with Gasteiger partial charge in [-0.3, -0.25) is 0 Å². The fourth-order valence-electron chi connectivity index (χ4n) is 2.32. The molecule has 2 aromatic carbocycles. The van der Waals surface area contributed by atoms with E-state index in [1.807, 2.05) is 28.9 Å². The van der Waals surface area contributed by atoms with Crippen LogP contribution in [0.5, 0.6) is 0 Å². The highest BCUT2D eigenvalue weighted by molar-refractivity contribution is 9.10. The number of fused-ring (bicyclic) bond motifs is 1. The Bertz CT molecular complexity index is 766.